The van der Waals surface area contributed by atoms with Crippen LogP contribution in [0.4, 0.5) is 5.69 Å². The van der Waals surface area contributed by atoms with Crippen LogP contribution in [0.5, 0.6) is 5.75 Å². The number of ether oxygens (including phenoxy) is 1. The molecule has 7 nitrogen and oxygen atoms in total. The molecule has 0 bridgehead atoms. The fraction of sp³-hybridized carbons (Fsp3) is 0.176. The molecule has 0 N–H and O–H groups in total. The molecule has 2 aromatic carbocycles. The molecule has 0 unspecified atom stereocenters. The Balaban J connectivity index is 2.17. The molecule has 0 aliphatic carbocycles. The van der Waals surface area contributed by atoms with Gasteiger partial charge in [0, 0.05) is 17.7 Å². The lowest BCUT2D eigenvalue weighted by Gasteiger charge is -2.13. The maximum Gasteiger partial charge on any atom is 0.270 e. The molecule has 0 amide bonds. The average Bonchev–Trinajstić information content (AvgIpc) is 2.58. The van der Waals surface area contributed by atoms with Crippen molar-refractivity contribution in [2.45, 2.75) is 13.5 Å². The van der Waals surface area contributed by atoms with Crippen LogP contribution in [0.3, 0.4) is 0 Å². The van der Waals surface area contributed by atoms with Crippen molar-refractivity contribution in [2.75, 3.05) is 7.11 Å². The van der Waals surface area contributed by atoms with Crippen molar-refractivity contribution in [1.29, 1.82) is 0 Å². The summed E-state index contributed by atoms with van der Waals surface area (Å²) in [6.45, 7) is 2.01. The third-order valence-corrected chi connectivity index (χ3v) is 3.86. The molecule has 0 aliphatic heterocycles. The first-order chi connectivity index (χ1) is 11.5. The van der Waals surface area contributed by atoms with Gasteiger partial charge in [0.15, 0.2) is 0 Å². The summed E-state index contributed by atoms with van der Waals surface area (Å²) in [6, 6.07) is 11.5. The maximum atomic E-state index is 12.8. The Bertz CT molecular complexity index is 995. The first-order valence-electron chi connectivity index (χ1n) is 7.28. The molecule has 0 saturated carbocycles. The van der Waals surface area contributed by atoms with Crippen molar-refractivity contribution >= 4 is 16.6 Å². The van der Waals surface area contributed by atoms with Crippen LogP contribution in [0.15, 0.2) is 47.3 Å². The van der Waals surface area contributed by atoms with E-state index in [1.54, 1.807) is 14.0 Å². The molecule has 0 fully saturated rings. The van der Waals surface area contributed by atoms with Crippen LogP contribution in [0, 0.1) is 17.0 Å². The molecule has 0 atom stereocenters. The Hall–Kier alpha value is -3.22. The predicted octanol–water partition coefficient (Wildman–Crippen LogP) is 2.67. The minimum absolute atomic E-state index is 0.130. The lowest BCUT2D eigenvalue weighted by Crippen LogP contribution is -2.24. The number of rotatable bonds is 4. The predicted molar refractivity (Wildman–Crippen MR) is 89.5 cm³/mol. The molecule has 122 valence electrons. The maximum absolute atomic E-state index is 12.8. The summed E-state index contributed by atoms with van der Waals surface area (Å²) in [5.41, 5.74) is 0.831. The second-order valence-electron chi connectivity index (χ2n) is 5.32. The van der Waals surface area contributed by atoms with Crippen LogP contribution >= 0.6 is 0 Å². The molecular weight excluding hydrogens is 310 g/mol. The monoisotopic (exact) mass is 325 g/mol. The summed E-state index contributed by atoms with van der Waals surface area (Å²) in [7, 11) is 1.57. The van der Waals surface area contributed by atoms with Gasteiger partial charge in [-0.15, -0.1) is 0 Å². The number of hydrogen-bond acceptors (Lipinski definition) is 5. The highest BCUT2D eigenvalue weighted by Gasteiger charge is 2.14. The summed E-state index contributed by atoms with van der Waals surface area (Å²) in [6.07, 6.45) is 0. The van der Waals surface area contributed by atoms with E-state index in [0.29, 0.717) is 17.1 Å². The summed E-state index contributed by atoms with van der Waals surface area (Å²) >= 11 is 0. The van der Waals surface area contributed by atoms with Gasteiger partial charge in [-0.2, -0.15) is 0 Å². The normalized spacial score (nSPS) is 10.8. The lowest BCUT2D eigenvalue weighted by molar-refractivity contribution is -0.384. The number of benzene rings is 2. The Morgan fingerprint density at radius 2 is 2.00 bits per heavy atom. The van der Waals surface area contributed by atoms with Gasteiger partial charge in [0.05, 0.1) is 29.5 Å². The second-order valence-corrected chi connectivity index (χ2v) is 5.32. The van der Waals surface area contributed by atoms with Gasteiger partial charge < -0.3 is 4.74 Å². The second kappa shape index (κ2) is 6.11. The van der Waals surface area contributed by atoms with E-state index in [4.69, 9.17) is 4.74 Å². The zero-order valence-corrected chi connectivity index (χ0v) is 13.2. The third kappa shape index (κ3) is 2.71. The molecule has 7 heteroatoms. The SMILES string of the molecule is COc1ccccc1Cn1c(C)nc2ccc([N+](=O)[O-])cc2c1=O. The highest BCUT2D eigenvalue weighted by Crippen LogP contribution is 2.20. The number of para-hydroxylation sites is 1. The van der Waals surface area contributed by atoms with Gasteiger partial charge in [0.2, 0.25) is 0 Å². The van der Waals surface area contributed by atoms with Crippen LogP contribution in [-0.2, 0) is 6.54 Å². The van der Waals surface area contributed by atoms with Crippen molar-refractivity contribution in [3.05, 3.63) is 74.3 Å². The summed E-state index contributed by atoms with van der Waals surface area (Å²) < 4.78 is 6.80. The number of nitro benzene ring substituents is 1. The largest absolute Gasteiger partial charge is 0.496 e. The zero-order chi connectivity index (χ0) is 17.3. The van der Waals surface area contributed by atoms with Crippen LogP contribution in [0.25, 0.3) is 10.9 Å². The molecule has 0 aliphatic rings. The Morgan fingerprint density at radius 1 is 1.25 bits per heavy atom. The molecule has 3 rings (SSSR count). The fourth-order valence-electron chi connectivity index (χ4n) is 2.62. The van der Waals surface area contributed by atoms with Gasteiger partial charge in [-0.05, 0) is 19.1 Å². The van der Waals surface area contributed by atoms with Crippen LogP contribution in [0.2, 0.25) is 0 Å². The standard InChI is InChI=1S/C17H15N3O4/c1-11-18-15-8-7-13(20(22)23)9-14(15)17(21)19(11)10-12-5-3-4-6-16(12)24-2/h3-9H,10H2,1-2H3. The fourth-order valence-corrected chi connectivity index (χ4v) is 2.62. The van der Waals surface area contributed by atoms with Gasteiger partial charge in [-0.1, -0.05) is 18.2 Å². The summed E-state index contributed by atoms with van der Waals surface area (Å²) in [5, 5.41) is 11.2. The topological polar surface area (TPSA) is 87.3 Å². The number of nitrogens with zero attached hydrogens (tertiary/aromatic N) is 3. The molecule has 1 heterocycles. The number of nitro groups is 1. The number of non-ortho nitro benzene ring substituents is 1. The molecule has 0 saturated heterocycles. The highest BCUT2D eigenvalue weighted by molar-refractivity contribution is 5.80. The van der Waals surface area contributed by atoms with Gasteiger partial charge in [0.25, 0.3) is 11.2 Å². The van der Waals surface area contributed by atoms with Gasteiger partial charge in [-0.25, -0.2) is 4.98 Å². The van der Waals surface area contributed by atoms with E-state index in [-0.39, 0.29) is 23.2 Å². The molecular formula is C17H15N3O4. The molecule has 0 spiro atoms. The van der Waals surface area contributed by atoms with Crippen LogP contribution < -0.4 is 10.3 Å². The first-order valence-corrected chi connectivity index (χ1v) is 7.28. The highest BCUT2D eigenvalue weighted by atomic mass is 16.6. The number of aromatic nitrogens is 2. The van der Waals surface area contributed by atoms with Crippen molar-refractivity contribution < 1.29 is 9.66 Å². The van der Waals surface area contributed by atoms with Crippen LogP contribution in [0.1, 0.15) is 11.4 Å². The Kier molecular flexibility index (Phi) is 3.99. The van der Waals surface area contributed by atoms with E-state index >= 15 is 0 Å². The smallest absolute Gasteiger partial charge is 0.270 e. The minimum Gasteiger partial charge on any atom is -0.496 e. The molecule has 3 aromatic rings. The number of methoxy groups -OCH3 is 1. The number of fused-ring (bicyclic) bond motifs is 1. The first kappa shape index (κ1) is 15.7. The lowest BCUT2D eigenvalue weighted by atomic mass is 10.2. The summed E-state index contributed by atoms with van der Waals surface area (Å²) in [4.78, 5) is 27.6. The van der Waals surface area contributed by atoms with Gasteiger partial charge >= 0.3 is 0 Å². The van der Waals surface area contributed by atoms with E-state index < -0.39 is 4.92 Å². The van der Waals surface area contributed by atoms with Crippen molar-refractivity contribution in [3.63, 3.8) is 0 Å². The van der Waals surface area contributed by atoms with Gasteiger partial charge in [0.1, 0.15) is 11.6 Å². The quantitative estimate of drug-likeness (QED) is 0.543. The van der Waals surface area contributed by atoms with Crippen LogP contribution in [-0.4, -0.2) is 21.6 Å². The van der Waals surface area contributed by atoms with Crippen molar-refractivity contribution in [3.8, 4) is 5.75 Å². The van der Waals surface area contributed by atoms with Crippen molar-refractivity contribution in [1.82, 2.24) is 9.55 Å². The summed E-state index contributed by atoms with van der Waals surface area (Å²) in [5.74, 6) is 1.20. The molecule has 24 heavy (non-hydrogen) atoms. The van der Waals surface area contributed by atoms with E-state index in [1.165, 1.54) is 22.8 Å². The van der Waals surface area contributed by atoms with E-state index in [1.807, 2.05) is 24.3 Å². The van der Waals surface area contributed by atoms with E-state index in [2.05, 4.69) is 4.98 Å². The molecule has 0 radical (unpaired) electrons. The van der Waals surface area contributed by atoms with Gasteiger partial charge in [-0.3, -0.25) is 19.5 Å². The Labute approximate surface area is 137 Å². The van der Waals surface area contributed by atoms with Crippen molar-refractivity contribution in [2.24, 2.45) is 0 Å². The van der Waals surface area contributed by atoms with E-state index in [9.17, 15) is 14.9 Å². The minimum atomic E-state index is -0.525. The third-order valence-electron chi connectivity index (χ3n) is 3.86. The molecule has 1 aromatic heterocycles. The average molecular weight is 325 g/mol. The Morgan fingerprint density at radius 3 is 2.71 bits per heavy atom. The zero-order valence-electron chi connectivity index (χ0n) is 13.2. The number of aryl methyl sites for hydroxylation is 1. The van der Waals surface area contributed by atoms with E-state index in [0.717, 1.165) is 5.56 Å². The number of hydrogen-bond donors (Lipinski definition) is 0.